The Morgan fingerprint density at radius 2 is 1.94 bits per heavy atom. The van der Waals surface area contributed by atoms with E-state index >= 15 is 0 Å². The summed E-state index contributed by atoms with van der Waals surface area (Å²) >= 11 is 0. The number of rotatable bonds is 4. The van der Waals surface area contributed by atoms with Gasteiger partial charge in [0.1, 0.15) is 12.0 Å². The van der Waals surface area contributed by atoms with Crippen LogP contribution in [0.1, 0.15) is 38.1 Å². The van der Waals surface area contributed by atoms with Gasteiger partial charge in [0.2, 0.25) is 23.7 Å². The number of imide groups is 1. The predicted molar refractivity (Wildman–Crippen MR) is 109 cm³/mol. The number of fused-ring (bicyclic) bond motifs is 3. The molecule has 154 valence electrons. The van der Waals surface area contributed by atoms with Crippen molar-refractivity contribution in [2.24, 2.45) is 0 Å². The molecule has 11 nitrogen and oxygen atoms in total. The maximum atomic E-state index is 12.2. The molecule has 0 saturated carbocycles. The van der Waals surface area contributed by atoms with Gasteiger partial charge in [-0.25, -0.2) is 14.9 Å². The predicted octanol–water partition coefficient (Wildman–Crippen LogP) is 1.62. The van der Waals surface area contributed by atoms with E-state index in [1.54, 1.807) is 23.3 Å². The lowest BCUT2D eigenvalue weighted by atomic mass is 10.1. The largest absolute Gasteiger partial charge is 0.314 e. The van der Waals surface area contributed by atoms with E-state index in [4.69, 9.17) is 4.98 Å². The zero-order valence-electron chi connectivity index (χ0n) is 16.6. The molecule has 1 aliphatic carbocycles. The lowest BCUT2D eigenvalue weighted by Crippen LogP contribution is -2.36. The fourth-order valence-electron chi connectivity index (χ4n) is 4.17. The van der Waals surface area contributed by atoms with Crippen LogP contribution < -0.4 is 9.80 Å². The standard InChI is InChI=1S/C20H17N9O2/c1-2-13-18-25-23-11-27(18)14-10-22-19(24-17(14)28(13)12-4-3-5-12)26-9-8-21-20(26)29-15(30)6-7-16(29)31/h3-5,8-11,13H,2,6-7H2,1H3. The summed E-state index contributed by atoms with van der Waals surface area (Å²) in [6.45, 7) is 2.09. The van der Waals surface area contributed by atoms with Crippen molar-refractivity contribution < 1.29 is 9.59 Å². The number of carbonyl (C=O) groups excluding carboxylic acids is 2. The second kappa shape index (κ2) is 6.42. The van der Waals surface area contributed by atoms with E-state index in [0.29, 0.717) is 11.8 Å². The van der Waals surface area contributed by atoms with Crippen molar-refractivity contribution in [1.82, 2.24) is 34.3 Å². The van der Waals surface area contributed by atoms with E-state index in [1.807, 2.05) is 22.8 Å². The Balaban J connectivity index is 1.51. The molecule has 0 aromatic carbocycles. The minimum Gasteiger partial charge on any atom is -0.314 e. The Bertz CT molecular complexity index is 1290. The van der Waals surface area contributed by atoms with Crippen LogP contribution >= 0.6 is 0 Å². The molecule has 0 radical (unpaired) electrons. The van der Waals surface area contributed by atoms with Crippen LogP contribution in [0.2, 0.25) is 0 Å². The van der Waals surface area contributed by atoms with Crippen LogP contribution in [-0.2, 0) is 9.59 Å². The van der Waals surface area contributed by atoms with Gasteiger partial charge in [-0.15, -0.1) is 10.2 Å². The molecule has 1 atom stereocenters. The Hall–Kier alpha value is -4.15. The quantitative estimate of drug-likeness (QED) is 0.591. The van der Waals surface area contributed by atoms with Crippen molar-refractivity contribution in [3.63, 3.8) is 0 Å². The minimum atomic E-state index is -0.276. The summed E-state index contributed by atoms with van der Waals surface area (Å²) in [7, 11) is 0. The van der Waals surface area contributed by atoms with Gasteiger partial charge in [-0.2, -0.15) is 4.98 Å². The monoisotopic (exact) mass is 415 g/mol. The summed E-state index contributed by atoms with van der Waals surface area (Å²) in [6.07, 6.45) is 13.7. The molecule has 2 amide bonds. The molecule has 5 heterocycles. The maximum absolute atomic E-state index is 12.2. The molecule has 0 N–H and O–H groups in total. The van der Waals surface area contributed by atoms with Crippen molar-refractivity contribution in [1.29, 1.82) is 0 Å². The number of imidazole rings is 1. The number of nitrogens with zero attached hydrogens (tertiary/aromatic N) is 9. The fraction of sp³-hybridized carbons (Fsp3) is 0.250. The molecule has 3 aromatic heterocycles. The van der Waals surface area contributed by atoms with E-state index in [1.165, 1.54) is 6.20 Å². The van der Waals surface area contributed by atoms with E-state index in [2.05, 4.69) is 32.0 Å². The van der Waals surface area contributed by atoms with Gasteiger partial charge in [-0.3, -0.25) is 18.7 Å². The second-order valence-corrected chi connectivity index (χ2v) is 7.40. The van der Waals surface area contributed by atoms with Gasteiger partial charge < -0.3 is 4.90 Å². The maximum Gasteiger partial charge on any atom is 0.238 e. The second-order valence-electron chi connectivity index (χ2n) is 7.40. The number of aromatic nitrogens is 7. The van der Waals surface area contributed by atoms with Gasteiger partial charge in [-0.05, 0) is 18.6 Å². The highest BCUT2D eigenvalue weighted by atomic mass is 16.2. The molecule has 1 saturated heterocycles. The van der Waals surface area contributed by atoms with Gasteiger partial charge in [-0.1, -0.05) is 13.0 Å². The SMILES string of the molecule is CCC1c2nncn2-c2cnc(-n3ccnc3N3C(=O)CCC3=O)nc2N1C1=CC=C1. The molecule has 11 heteroatoms. The van der Waals surface area contributed by atoms with Crippen LogP contribution in [-0.4, -0.2) is 46.1 Å². The molecular weight excluding hydrogens is 398 g/mol. The summed E-state index contributed by atoms with van der Waals surface area (Å²) in [6, 6.07) is -0.0436. The third kappa shape index (κ3) is 2.43. The minimum absolute atomic E-state index is 0.0436. The van der Waals surface area contributed by atoms with Crippen LogP contribution in [0.4, 0.5) is 11.8 Å². The van der Waals surface area contributed by atoms with E-state index < -0.39 is 0 Å². The number of carbonyl (C=O) groups is 2. The molecule has 3 aromatic rings. The van der Waals surface area contributed by atoms with Crippen molar-refractivity contribution in [2.75, 3.05) is 9.80 Å². The Morgan fingerprint density at radius 1 is 1.13 bits per heavy atom. The van der Waals surface area contributed by atoms with Gasteiger partial charge in [0.25, 0.3) is 0 Å². The fourth-order valence-corrected chi connectivity index (χ4v) is 4.17. The Morgan fingerprint density at radius 3 is 2.65 bits per heavy atom. The number of hydrogen-bond donors (Lipinski definition) is 0. The van der Waals surface area contributed by atoms with Crippen LogP contribution in [0.3, 0.4) is 0 Å². The van der Waals surface area contributed by atoms with Crippen LogP contribution in [0.5, 0.6) is 0 Å². The lowest BCUT2D eigenvalue weighted by Gasteiger charge is -2.38. The molecule has 1 fully saturated rings. The number of amides is 2. The average Bonchev–Trinajstić information content (AvgIpc) is 3.47. The van der Waals surface area contributed by atoms with Crippen LogP contribution in [0.15, 0.2) is 48.8 Å². The van der Waals surface area contributed by atoms with Crippen LogP contribution in [0, 0.1) is 0 Å². The van der Waals surface area contributed by atoms with Gasteiger partial charge >= 0.3 is 0 Å². The van der Waals surface area contributed by atoms with Gasteiger partial charge in [0, 0.05) is 30.9 Å². The number of hydrogen-bond acceptors (Lipinski definition) is 8. The smallest absolute Gasteiger partial charge is 0.238 e. The summed E-state index contributed by atoms with van der Waals surface area (Å²) in [5, 5.41) is 8.41. The zero-order chi connectivity index (χ0) is 21.1. The average molecular weight is 415 g/mol. The molecule has 31 heavy (non-hydrogen) atoms. The topological polar surface area (TPSA) is 115 Å². The highest BCUT2D eigenvalue weighted by Crippen LogP contribution is 2.41. The Kier molecular flexibility index (Phi) is 3.66. The molecule has 2 aliphatic heterocycles. The van der Waals surface area contributed by atoms with Crippen LogP contribution in [0.25, 0.3) is 11.6 Å². The van der Waals surface area contributed by atoms with E-state index in [0.717, 1.165) is 28.5 Å². The van der Waals surface area contributed by atoms with E-state index in [-0.39, 0.29) is 36.6 Å². The summed E-state index contributed by atoms with van der Waals surface area (Å²) in [5.74, 6) is 1.49. The zero-order valence-corrected chi connectivity index (χ0v) is 16.6. The molecule has 0 spiro atoms. The molecular formula is C20H17N9O2. The molecule has 3 aliphatic rings. The normalized spacial score (nSPS) is 19.4. The van der Waals surface area contributed by atoms with Crippen molar-refractivity contribution >= 4 is 23.6 Å². The molecule has 0 bridgehead atoms. The first-order valence-electron chi connectivity index (χ1n) is 10.0. The van der Waals surface area contributed by atoms with Gasteiger partial charge in [0.15, 0.2) is 11.6 Å². The number of anilines is 2. The van der Waals surface area contributed by atoms with Gasteiger partial charge in [0.05, 0.1) is 12.2 Å². The number of allylic oxidation sites excluding steroid dienone is 3. The summed E-state index contributed by atoms with van der Waals surface area (Å²) in [4.78, 5) is 41.3. The Labute approximate surface area is 176 Å². The summed E-state index contributed by atoms with van der Waals surface area (Å²) in [5.41, 5.74) is 1.77. The third-order valence-electron chi connectivity index (χ3n) is 5.70. The van der Waals surface area contributed by atoms with Crippen molar-refractivity contribution in [3.05, 3.63) is 54.7 Å². The van der Waals surface area contributed by atoms with Crippen molar-refractivity contribution in [3.8, 4) is 11.6 Å². The van der Waals surface area contributed by atoms with Crippen molar-refractivity contribution in [2.45, 2.75) is 32.2 Å². The first kappa shape index (κ1) is 17.7. The molecule has 1 unspecified atom stereocenters. The highest BCUT2D eigenvalue weighted by molar-refractivity contribution is 6.18. The first-order chi connectivity index (χ1) is 15.2. The third-order valence-corrected chi connectivity index (χ3v) is 5.70. The highest BCUT2D eigenvalue weighted by Gasteiger charge is 2.37. The first-order valence-corrected chi connectivity index (χ1v) is 10.0. The van der Waals surface area contributed by atoms with E-state index in [9.17, 15) is 9.59 Å². The summed E-state index contributed by atoms with van der Waals surface area (Å²) < 4.78 is 3.46. The lowest BCUT2D eigenvalue weighted by molar-refractivity contribution is -0.121. The molecule has 6 rings (SSSR count).